The third-order valence-electron chi connectivity index (χ3n) is 5.57. The van der Waals surface area contributed by atoms with Crippen molar-refractivity contribution in [3.05, 3.63) is 83.7 Å². The van der Waals surface area contributed by atoms with E-state index in [4.69, 9.17) is 9.47 Å². The second kappa shape index (κ2) is 8.24. The molecule has 5 rings (SSSR count). The van der Waals surface area contributed by atoms with E-state index < -0.39 is 0 Å². The first-order valence-corrected chi connectivity index (χ1v) is 10.2. The molecule has 32 heavy (non-hydrogen) atoms. The number of imidazole rings is 1. The van der Waals surface area contributed by atoms with E-state index in [-0.39, 0.29) is 6.10 Å². The largest absolute Gasteiger partial charge is 0.480 e. The molecule has 0 saturated carbocycles. The molecule has 0 aliphatic rings. The van der Waals surface area contributed by atoms with Gasteiger partial charge in [-0.05, 0) is 40.5 Å². The number of aryl methyl sites for hydroxylation is 1. The van der Waals surface area contributed by atoms with Gasteiger partial charge in [-0.25, -0.2) is 0 Å². The Bertz CT molecular complexity index is 1360. The molecule has 0 fully saturated rings. The van der Waals surface area contributed by atoms with Gasteiger partial charge >= 0.3 is 0 Å². The maximum absolute atomic E-state index is 5.92. The van der Waals surface area contributed by atoms with Gasteiger partial charge in [-0.1, -0.05) is 54.6 Å². The number of H-pyrrole nitrogens is 1. The zero-order valence-electron chi connectivity index (χ0n) is 18.0. The van der Waals surface area contributed by atoms with Crippen LogP contribution in [0.25, 0.3) is 28.2 Å². The van der Waals surface area contributed by atoms with Crippen LogP contribution >= 0.6 is 0 Å². The predicted octanol–water partition coefficient (Wildman–Crippen LogP) is 4.23. The Labute approximate surface area is 184 Å². The molecule has 0 amide bonds. The number of nitrogens with one attached hydrogen (secondary N) is 1. The molecular weight excluding hydrogens is 404 g/mol. The van der Waals surface area contributed by atoms with Crippen molar-refractivity contribution in [2.45, 2.75) is 13.0 Å². The number of aromatic amines is 1. The number of hydrogen-bond donors (Lipinski definition) is 1. The normalized spacial score (nSPS) is 12.2. The van der Waals surface area contributed by atoms with Gasteiger partial charge in [0.15, 0.2) is 0 Å². The van der Waals surface area contributed by atoms with Crippen molar-refractivity contribution in [2.24, 2.45) is 0 Å². The van der Waals surface area contributed by atoms with Gasteiger partial charge in [0.05, 0.1) is 19.0 Å². The second-order valence-corrected chi connectivity index (χ2v) is 7.44. The lowest BCUT2D eigenvalue weighted by atomic mass is 9.96. The number of pyridine rings is 1. The van der Waals surface area contributed by atoms with Crippen LogP contribution in [0.3, 0.4) is 0 Å². The maximum atomic E-state index is 5.92. The van der Waals surface area contributed by atoms with Crippen molar-refractivity contribution >= 4 is 5.65 Å². The Morgan fingerprint density at radius 3 is 2.41 bits per heavy atom. The molecule has 0 bridgehead atoms. The van der Waals surface area contributed by atoms with Crippen LogP contribution in [0.1, 0.15) is 22.9 Å². The molecule has 2 aromatic carbocycles. The fraction of sp³-hybridized carbons (Fsp3) is 0.167. The zero-order chi connectivity index (χ0) is 22.1. The molecule has 0 aliphatic carbocycles. The van der Waals surface area contributed by atoms with Gasteiger partial charge in [0.1, 0.15) is 11.8 Å². The Hall–Kier alpha value is -4.04. The summed E-state index contributed by atoms with van der Waals surface area (Å²) in [7, 11) is 3.33. The summed E-state index contributed by atoms with van der Waals surface area (Å²) in [5, 5.41) is 14.5. The lowest BCUT2D eigenvalue weighted by molar-refractivity contribution is 0.132. The molecule has 1 unspecified atom stereocenters. The summed E-state index contributed by atoms with van der Waals surface area (Å²) in [6, 6.07) is 20.5. The molecular formula is C24H22N6O2. The van der Waals surface area contributed by atoms with Crippen LogP contribution in [0.2, 0.25) is 0 Å². The molecule has 3 aromatic heterocycles. The SMILES string of the molecule is COc1cn2c(C(OC)c3ccc(-c4ccccc4-c4nn[nH]n4)cc3)ccc(C)c2n1. The number of fused-ring (bicyclic) bond motifs is 1. The quantitative estimate of drug-likeness (QED) is 0.437. The molecule has 0 saturated heterocycles. The van der Waals surface area contributed by atoms with Gasteiger partial charge in [-0.2, -0.15) is 10.2 Å². The summed E-state index contributed by atoms with van der Waals surface area (Å²) in [6.45, 7) is 2.03. The highest BCUT2D eigenvalue weighted by Gasteiger charge is 2.19. The number of benzene rings is 2. The monoisotopic (exact) mass is 426 g/mol. The van der Waals surface area contributed by atoms with E-state index in [1.165, 1.54) is 0 Å². The minimum atomic E-state index is -0.265. The highest BCUT2D eigenvalue weighted by molar-refractivity contribution is 5.80. The molecule has 0 spiro atoms. The first-order chi connectivity index (χ1) is 15.7. The van der Waals surface area contributed by atoms with Gasteiger partial charge in [-0.3, -0.25) is 4.40 Å². The molecule has 0 aliphatic heterocycles. The Morgan fingerprint density at radius 1 is 0.938 bits per heavy atom. The number of rotatable bonds is 6. The van der Waals surface area contributed by atoms with E-state index in [0.29, 0.717) is 11.7 Å². The fourth-order valence-corrected chi connectivity index (χ4v) is 3.98. The summed E-state index contributed by atoms with van der Waals surface area (Å²) in [5.74, 6) is 1.14. The molecule has 8 heteroatoms. The van der Waals surface area contributed by atoms with Crippen molar-refractivity contribution in [3.63, 3.8) is 0 Å². The Kier molecular flexibility index (Phi) is 5.12. The van der Waals surface area contributed by atoms with E-state index in [0.717, 1.165) is 39.2 Å². The first-order valence-electron chi connectivity index (χ1n) is 10.2. The molecule has 1 atom stereocenters. The Balaban J connectivity index is 1.54. The smallest absolute Gasteiger partial charge is 0.232 e. The topological polar surface area (TPSA) is 90.2 Å². The van der Waals surface area contributed by atoms with Crippen LogP contribution in [0.15, 0.2) is 66.9 Å². The minimum Gasteiger partial charge on any atom is -0.480 e. The standard InChI is InChI=1S/C24H22N6O2/c1-15-8-13-20(30-14-21(31-2)25-24(15)30)22(32-3)17-11-9-16(10-12-17)18-6-4-5-7-19(18)23-26-28-29-27-23/h4-14,22H,1-3H3,(H,26,27,28,29). The third-order valence-corrected chi connectivity index (χ3v) is 5.57. The molecule has 0 radical (unpaired) electrons. The predicted molar refractivity (Wildman–Crippen MR) is 120 cm³/mol. The van der Waals surface area contributed by atoms with Gasteiger partial charge < -0.3 is 9.47 Å². The summed E-state index contributed by atoms with van der Waals surface area (Å²) >= 11 is 0. The average Bonchev–Trinajstić information content (AvgIpc) is 3.52. The zero-order valence-corrected chi connectivity index (χ0v) is 18.0. The summed E-state index contributed by atoms with van der Waals surface area (Å²) in [5.41, 5.74) is 6.94. The van der Waals surface area contributed by atoms with E-state index in [1.807, 2.05) is 35.7 Å². The molecule has 3 heterocycles. The van der Waals surface area contributed by atoms with Crippen LogP contribution < -0.4 is 4.74 Å². The number of hydrogen-bond acceptors (Lipinski definition) is 6. The molecule has 5 aromatic rings. The van der Waals surface area contributed by atoms with E-state index in [9.17, 15) is 0 Å². The highest BCUT2D eigenvalue weighted by Crippen LogP contribution is 2.33. The number of ether oxygens (including phenoxy) is 2. The second-order valence-electron chi connectivity index (χ2n) is 7.44. The van der Waals surface area contributed by atoms with Gasteiger partial charge in [0.2, 0.25) is 11.7 Å². The molecule has 160 valence electrons. The number of aromatic nitrogens is 6. The molecule has 8 nitrogen and oxygen atoms in total. The summed E-state index contributed by atoms with van der Waals surface area (Å²) in [6.07, 6.45) is 1.62. The van der Waals surface area contributed by atoms with E-state index in [1.54, 1.807) is 14.2 Å². The van der Waals surface area contributed by atoms with Crippen molar-refractivity contribution in [3.8, 4) is 28.4 Å². The van der Waals surface area contributed by atoms with E-state index in [2.05, 4.69) is 68.1 Å². The summed E-state index contributed by atoms with van der Waals surface area (Å²) < 4.78 is 13.3. The van der Waals surface area contributed by atoms with Crippen LogP contribution in [0.4, 0.5) is 0 Å². The van der Waals surface area contributed by atoms with Crippen LogP contribution in [-0.2, 0) is 4.74 Å². The number of tetrazole rings is 1. The lowest BCUT2D eigenvalue weighted by Gasteiger charge is -2.19. The van der Waals surface area contributed by atoms with Crippen LogP contribution in [0, 0.1) is 6.92 Å². The van der Waals surface area contributed by atoms with Crippen molar-refractivity contribution in [1.82, 2.24) is 30.0 Å². The average molecular weight is 426 g/mol. The highest BCUT2D eigenvalue weighted by atomic mass is 16.5. The van der Waals surface area contributed by atoms with Crippen molar-refractivity contribution in [2.75, 3.05) is 14.2 Å². The number of methoxy groups -OCH3 is 2. The minimum absolute atomic E-state index is 0.265. The maximum Gasteiger partial charge on any atom is 0.232 e. The number of nitrogens with zero attached hydrogens (tertiary/aromatic N) is 5. The van der Waals surface area contributed by atoms with Crippen LogP contribution in [0.5, 0.6) is 5.88 Å². The molecule has 1 N–H and O–H groups in total. The van der Waals surface area contributed by atoms with Crippen molar-refractivity contribution in [1.29, 1.82) is 0 Å². The van der Waals surface area contributed by atoms with E-state index >= 15 is 0 Å². The van der Waals surface area contributed by atoms with Crippen molar-refractivity contribution < 1.29 is 9.47 Å². The first kappa shape index (κ1) is 19.9. The third kappa shape index (κ3) is 3.40. The van der Waals surface area contributed by atoms with Gasteiger partial charge in [0, 0.05) is 12.7 Å². The summed E-state index contributed by atoms with van der Waals surface area (Å²) in [4.78, 5) is 4.56. The lowest BCUT2D eigenvalue weighted by Crippen LogP contribution is -2.09. The Morgan fingerprint density at radius 2 is 1.72 bits per heavy atom. The van der Waals surface area contributed by atoms with Crippen LogP contribution in [-0.4, -0.2) is 44.2 Å². The van der Waals surface area contributed by atoms with Gasteiger partial charge in [-0.15, -0.1) is 10.2 Å². The van der Waals surface area contributed by atoms with Gasteiger partial charge in [0.25, 0.3) is 0 Å². The fourth-order valence-electron chi connectivity index (χ4n) is 3.98.